The van der Waals surface area contributed by atoms with E-state index in [1.807, 2.05) is 11.9 Å². The molecule has 0 atom stereocenters. The molecule has 0 spiro atoms. The molecule has 2 rings (SSSR count). The Bertz CT molecular complexity index is 438. The summed E-state index contributed by atoms with van der Waals surface area (Å²) in [4.78, 5) is 6.07. The van der Waals surface area contributed by atoms with E-state index in [1.165, 1.54) is 6.07 Å². The topological polar surface area (TPSA) is 36.4 Å². The van der Waals surface area contributed by atoms with Gasteiger partial charge in [0.25, 0.3) is 0 Å². The largest absolute Gasteiger partial charge is 0.392 e. The lowest BCUT2D eigenvalue weighted by molar-refractivity contribution is 0.221. The van der Waals surface area contributed by atoms with Crippen molar-refractivity contribution in [1.29, 1.82) is 0 Å². The smallest absolute Gasteiger partial charge is 0.171 e. The van der Waals surface area contributed by atoms with Crippen molar-refractivity contribution in [3.05, 3.63) is 23.6 Å². The standard InChI is InChI=1S/C15H23FN2O/c1-15(2)7-4-12(5-8-15)18(3)14-13(16)11(10-19)6-9-17-14/h6,9,12,19H,4-5,7-8,10H2,1-3H3. The van der Waals surface area contributed by atoms with Crippen LogP contribution in [0.3, 0.4) is 0 Å². The first-order valence-corrected chi connectivity index (χ1v) is 6.92. The minimum absolute atomic E-state index is 0.285. The fraction of sp³-hybridized carbons (Fsp3) is 0.667. The van der Waals surface area contributed by atoms with E-state index < -0.39 is 5.82 Å². The Hall–Kier alpha value is -1.16. The van der Waals surface area contributed by atoms with Gasteiger partial charge in [0.15, 0.2) is 11.6 Å². The number of aromatic nitrogens is 1. The first-order chi connectivity index (χ1) is 8.94. The van der Waals surface area contributed by atoms with Gasteiger partial charge in [0.1, 0.15) is 0 Å². The zero-order valence-electron chi connectivity index (χ0n) is 12.0. The first-order valence-electron chi connectivity index (χ1n) is 6.92. The van der Waals surface area contributed by atoms with Gasteiger partial charge in [-0.25, -0.2) is 9.37 Å². The second kappa shape index (κ2) is 5.45. The molecule has 1 aliphatic rings. The van der Waals surface area contributed by atoms with Crippen molar-refractivity contribution in [2.24, 2.45) is 5.41 Å². The summed E-state index contributed by atoms with van der Waals surface area (Å²) in [5, 5.41) is 9.12. The normalized spacial score (nSPS) is 19.4. The van der Waals surface area contributed by atoms with Crippen LogP contribution in [-0.2, 0) is 6.61 Å². The number of pyridine rings is 1. The third kappa shape index (κ3) is 3.06. The van der Waals surface area contributed by atoms with E-state index in [0.29, 0.717) is 22.8 Å². The van der Waals surface area contributed by atoms with Crippen LogP contribution < -0.4 is 4.90 Å². The van der Waals surface area contributed by atoms with Crippen LogP contribution in [0, 0.1) is 11.2 Å². The van der Waals surface area contributed by atoms with E-state index in [4.69, 9.17) is 5.11 Å². The number of nitrogens with zero attached hydrogens (tertiary/aromatic N) is 2. The van der Waals surface area contributed by atoms with Crippen LogP contribution in [0.1, 0.15) is 45.1 Å². The lowest BCUT2D eigenvalue weighted by Gasteiger charge is -2.39. The van der Waals surface area contributed by atoms with Gasteiger partial charge in [0.05, 0.1) is 6.61 Å². The predicted octanol–water partition coefficient (Wildman–Crippen LogP) is 3.12. The lowest BCUT2D eigenvalue weighted by atomic mass is 9.75. The van der Waals surface area contributed by atoms with Crippen molar-refractivity contribution in [2.45, 2.75) is 52.2 Å². The van der Waals surface area contributed by atoms with E-state index in [-0.39, 0.29) is 6.61 Å². The van der Waals surface area contributed by atoms with Gasteiger partial charge >= 0.3 is 0 Å². The summed E-state index contributed by atoms with van der Waals surface area (Å²) in [6.45, 7) is 4.29. The van der Waals surface area contributed by atoms with Gasteiger partial charge in [-0.2, -0.15) is 0 Å². The van der Waals surface area contributed by atoms with Crippen LogP contribution >= 0.6 is 0 Å². The highest BCUT2D eigenvalue weighted by Crippen LogP contribution is 2.37. The van der Waals surface area contributed by atoms with Gasteiger partial charge in [-0.1, -0.05) is 13.8 Å². The second-order valence-electron chi connectivity index (χ2n) is 6.27. The summed E-state index contributed by atoms with van der Waals surface area (Å²) in [6.07, 6.45) is 6.00. The predicted molar refractivity (Wildman–Crippen MR) is 74.6 cm³/mol. The molecule has 19 heavy (non-hydrogen) atoms. The molecule has 1 aromatic heterocycles. The number of aliphatic hydroxyl groups is 1. The second-order valence-corrected chi connectivity index (χ2v) is 6.27. The number of hydrogen-bond donors (Lipinski definition) is 1. The molecule has 1 saturated carbocycles. The summed E-state index contributed by atoms with van der Waals surface area (Å²) < 4.78 is 14.2. The highest BCUT2D eigenvalue weighted by Gasteiger charge is 2.30. The molecule has 1 aromatic rings. The highest BCUT2D eigenvalue weighted by molar-refractivity contribution is 5.43. The number of aliphatic hydroxyl groups excluding tert-OH is 1. The summed E-state index contributed by atoms with van der Waals surface area (Å²) in [7, 11) is 1.90. The van der Waals surface area contributed by atoms with Crippen molar-refractivity contribution in [1.82, 2.24) is 4.98 Å². The fourth-order valence-electron chi connectivity index (χ4n) is 2.78. The highest BCUT2D eigenvalue weighted by atomic mass is 19.1. The molecule has 3 nitrogen and oxygen atoms in total. The minimum atomic E-state index is -0.391. The molecule has 0 aromatic carbocycles. The average Bonchev–Trinajstić information content (AvgIpc) is 2.38. The Balaban J connectivity index is 2.14. The van der Waals surface area contributed by atoms with Crippen molar-refractivity contribution in [3.8, 4) is 0 Å². The molecule has 0 radical (unpaired) electrons. The van der Waals surface area contributed by atoms with E-state index in [1.54, 1.807) is 6.20 Å². The first kappa shape index (κ1) is 14.3. The molecule has 106 valence electrons. The Kier molecular flexibility index (Phi) is 4.09. The molecule has 0 aliphatic heterocycles. The third-order valence-electron chi connectivity index (χ3n) is 4.31. The third-order valence-corrected chi connectivity index (χ3v) is 4.31. The van der Waals surface area contributed by atoms with Gasteiger partial charge in [0, 0.05) is 24.8 Å². The molecule has 1 heterocycles. The SMILES string of the molecule is CN(c1nccc(CO)c1F)C1CCC(C)(C)CC1. The van der Waals surface area contributed by atoms with Gasteiger partial charge in [-0.15, -0.1) is 0 Å². The van der Waals surface area contributed by atoms with Crippen molar-refractivity contribution in [3.63, 3.8) is 0 Å². The number of rotatable bonds is 3. The molecule has 1 aliphatic carbocycles. The number of halogens is 1. The van der Waals surface area contributed by atoms with Gasteiger partial charge in [-0.05, 0) is 37.2 Å². The van der Waals surface area contributed by atoms with Crippen LogP contribution in [0.15, 0.2) is 12.3 Å². The Morgan fingerprint density at radius 3 is 2.63 bits per heavy atom. The molecule has 0 saturated heterocycles. The van der Waals surface area contributed by atoms with E-state index in [0.717, 1.165) is 25.7 Å². The summed E-state index contributed by atoms with van der Waals surface area (Å²) >= 11 is 0. The maximum absolute atomic E-state index is 14.2. The quantitative estimate of drug-likeness (QED) is 0.913. The molecule has 1 N–H and O–H groups in total. The van der Waals surface area contributed by atoms with E-state index in [2.05, 4.69) is 18.8 Å². The fourth-order valence-corrected chi connectivity index (χ4v) is 2.78. The van der Waals surface area contributed by atoms with Crippen LogP contribution in [0.25, 0.3) is 0 Å². The maximum atomic E-state index is 14.2. The molecule has 0 unspecified atom stereocenters. The molecule has 1 fully saturated rings. The van der Waals surface area contributed by atoms with Crippen LogP contribution in [0.2, 0.25) is 0 Å². The van der Waals surface area contributed by atoms with E-state index in [9.17, 15) is 4.39 Å². The number of anilines is 1. The van der Waals surface area contributed by atoms with Crippen LogP contribution in [0.4, 0.5) is 10.2 Å². The monoisotopic (exact) mass is 266 g/mol. The molecular formula is C15H23FN2O. The maximum Gasteiger partial charge on any atom is 0.171 e. The van der Waals surface area contributed by atoms with Crippen LogP contribution in [-0.4, -0.2) is 23.2 Å². The van der Waals surface area contributed by atoms with Crippen molar-refractivity contribution >= 4 is 5.82 Å². The average molecular weight is 266 g/mol. The Morgan fingerprint density at radius 2 is 2.05 bits per heavy atom. The van der Waals surface area contributed by atoms with Gasteiger partial charge in [0.2, 0.25) is 0 Å². The molecule has 4 heteroatoms. The van der Waals surface area contributed by atoms with Crippen molar-refractivity contribution in [2.75, 3.05) is 11.9 Å². The Labute approximate surface area is 114 Å². The molecular weight excluding hydrogens is 243 g/mol. The van der Waals surface area contributed by atoms with Gasteiger partial charge in [-0.3, -0.25) is 0 Å². The zero-order valence-corrected chi connectivity index (χ0v) is 12.0. The number of hydrogen-bond acceptors (Lipinski definition) is 3. The minimum Gasteiger partial charge on any atom is -0.392 e. The summed E-state index contributed by atoms with van der Waals surface area (Å²) in [5.41, 5.74) is 0.712. The zero-order chi connectivity index (χ0) is 14.0. The van der Waals surface area contributed by atoms with Gasteiger partial charge < -0.3 is 10.0 Å². The van der Waals surface area contributed by atoms with Crippen LogP contribution in [0.5, 0.6) is 0 Å². The lowest BCUT2D eigenvalue weighted by Crippen LogP contribution is -2.38. The van der Waals surface area contributed by atoms with E-state index >= 15 is 0 Å². The Morgan fingerprint density at radius 1 is 1.42 bits per heavy atom. The summed E-state index contributed by atoms with van der Waals surface area (Å²) in [6, 6.07) is 1.86. The molecule has 0 bridgehead atoms. The van der Waals surface area contributed by atoms with Crippen molar-refractivity contribution < 1.29 is 9.50 Å². The summed E-state index contributed by atoms with van der Waals surface area (Å²) in [5.74, 6) is -0.0337. The molecule has 0 amide bonds.